The third-order valence-corrected chi connectivity index (χ3v) is 6.08. The number of cyclic esters (lactones) is 1. The molecule has 2 aromatic carbocycles. The van der Waals surface area contributed by atoms with Gasteiger partial charge in [-0.05, 0) is 30.2 Å². The average Bonchev–Trinajstić information content (AvgIpc) is 3.36. The lowest BCUT2D eigenvalue weighted by molar-refractivity contribution is -0.185. The molecule has 0 saturated carbocycles. The molecule has 0 fully saturated rings. The molecule has 1 N–H and O–H groups in total. The number of pyridine rings is 1. The molecule has 3 heterocycles. The molecular formula is C24H19N3O4S. The molecule has 8 heteroatoms. The summed E-state index contributed by atoms with van der Waals surface area (Å²) in [6, 6.07) is 16.3. The molecule has 2 aromatic heterocycles. The molecule has 4 aromatic rings. The summed E-state index contributed by atoms with van der Waals surface area (Å²) in [5.41, 5.74) is 5.14. The van der Waals surface area contributed by atoms with E-state index in [1.54, 1.807) is 43.6 Å². The average molecular weight is 446 g/mol. The summed E-state index contributed by atoms with van der Waals surface area (Å²) in [6.07, 6.45) is 1.92. The van der Waals surface area contributed by atoms with E-state index in [9.17, 15) is 9.90 Å². The Morgan fingerprint density at radius 3 is 2.56 bits per heavy atom. The molecule has 1 unspecified atom stereocenters. The lowest BCUT2D eigenvalue weighted by atomic mass is 9.88. The molecule has 0 saturated heterocycles. The van der Waals surface area contributed by atoms with Crippen LogP contribution in [0.3, 0.4) is 0 Å². The van der Waals surface area contributed by atoms with Crippen LogP contribution in [0.25, 0.3) is 16.6 Å². The molecule has 160 valence electrons. The minimum atomic E-state index is -1.89. The Hall–Kier alpha value is -3.62. The van der Waals surface area contributed by atoms with Crippen LogP contribution in [-0.4, -0.2) is 31.9 Å². The first kappa shape index (κ1) is 20.3. The standard InChI is InChI=1S/C24H19N3O4S/c1-14-3-7-17(8-4-14)24(29)18(11-15-5-10-21(30-2)25-13-15)22(23(28)31-24)16-6-9-19-20(12-16)27-32-26-19/h3-10,12-13,29H,11H2,1-2H3. The van der Waals surface area contributed by atoms with Crippen molar-refractivity contribution in [3.8, 4) is 5.88 Å². The first-order valence-electron chi connectivity index (χ1n) is 9.96. The van der Waals surface area contributed by atoms with Gasteiger partial charge in [-0.25, -0.2) is 9.78 Å². The SMILES string of the molecule is COc1ccc(CC2=C(c3ccc4nsnc4c3)C(=O)OC2(O)c2ccc(C)cc2)cn1. The molecule has 1 atom stereocenters. The van der Waals surface area contributed by atoms with Crippen LogP contribution in [0.2, 0.25) is 0 Å². The number of hydrogen-bond donors (Lipinski definition) is 1. The Morgan fingerprint density at radius 2 is 1.84 bits per heavy atom. The second-order valence-corrected chi connectivity index (χ2v) is 8.13. The van der Waals surface area contributed by atoms with Gasteiger partial charge in [-0.1, -0.05) is 42.0 Å². The maximum atomic E-state index is 13.1. The van der Waals surface area contributed by atoms with Gasteiger partial charge >= 0.3 is 5.97 Å². The first-order chi connectivity index (χ1) is 15.5. The number of rotatable bonds is 5. The van der Waals surface area contributed by atoms with Gasteiger partial charge in [-0.3, -0.25) is 0 Å². The summed E-state index contributed by atoms with van der Waals surface area (Å²) in [6.45, 7) is 1.96. The van der Waals surface area contributed by atoms with Crippen molar-refractivity contribution in [2.24, 2.45) is 0 Å². The van der Waals surface area contributed by atoms with Crippen molar-refractivity contribution in [1.82, 2.24) is 13.7 Å². The monoisotopic (exact) mass is 445 g/mol. The fourth-order valence-electron chi connectivity index (χ4n) is 3.83. The highest BCUT2D eigenvalue weighted by Crippen LogP contribution is 2.45. The topological polar surface area (TPSA) is 94.4 Å². The highest BCUT2D eigenvalue weighted by atomic mass is 32.1. The van der Waals surface area contributed by atoms with E-state index < -0.39 is 11.8 Å². The van der Waals surface area contributed by atoms with Gasteiger partial charge < -0.3 is 14.6 Å². The Balaban J connectivity index is 1.68. The third-order valence-electron chi connectivity index (χ3n) is 5.53. The fourth-order valence-corrected chi connectivity index (χ4v) is 4.35. The maximum absolute atomic E-state index is 13.1. The predicted octanol–water partition coefficient (Wildman–Crippen LogP) is 3.80. The van der Waals surface area contributed by atoms with Crippen molar-refractivity contribution >= 4 is 34.3 Å². The van der Waals surface area contributed by atoms with Gasteiger partial charge in [0, 0.05) is 29.8 Å². The zero-order chi connectivity index (χ0) is 22.3. The number of carbonyl (C=O) groups excluding carboxylic acids is 1. The Bertz CT molecular complexity index is 1350. The van der Waals surface area contributed by atoms with Crippen molar-refractivity contribution in [2.75, 3.05) is 7.11 Å². The molecule has 1 aliphatic heterocycles. The number of ether oxygens (including phenoxy) is 2. The summed E-state index contributed by atoms with van der Waals surface area (Å²) in [5, 5.41) is 11.7. The molecule has 0 radical (unpaired) electrons. The second kappa shape index (κ2) is 7.81. The number of benzene rings is 2. The second-order valence-electron chi connectivity index (χ2n) is 7.61. The normalized spacial score (nSPS) is 18.3. The molecule has 0 spiro atoms. The molecule has 7 nitrogen and oxygen atoms in total. The minimum absolute atomic E-state index is 0.260. The first-order valence-corrected chi connectivity index (χ1v) is 10.7. The summed E-state index contributed by atoms with van der Waals surface area (Å²) in [4.78, 5) is 17.3. The quantitative estimate of drug-likeness (QED) is 0.467. The predicted molar refractivity (Wildman–Crippen MR) is 120 cm³/mol. The van der Waals surface area contributed by atoms with Crippen molar-refractivity contribution in [3.63, 3.8) is 0 Å². The van der Waals surface area contributed by atoms with Crippen LogP contribution >= 0.6 is 11.7 Å². The summed E-state index contributed by atoms with van der Waals surface area (Å²) < 4.78 is 19.3. The number of fused-ring (bicyclic) bond motifs is 1. The van der Waals surface area contributed by atoms with E-state index in [2.05, 4.69) is 13.7 Å². The van der Waals surface area contributed by atoms with Crippen LogP contribution in [0.15, 0.2) is 66.4 Å². The number of hydrogen-bond acceptors (Lipinski definition) is 8. The number of nitrogens with zero attached hydrogens (tertiary/aromatic N) is 3. The van der Waals surface area contributed by atoms with Crippen molar-refractivity contribution in [1.29, 1.82) is 0 Å². The molecule has 0 amide bonds. The van der Waals surface area contributed by atoms with Crippen LogP contribution in [0.4, 0.5) is 0 Å². The molecule has 0 bridgehead atoms. The van der Waals surface area contributed by atoms with Gasteiger partial charge in [0.2, 0.25) is 5.88 Å². The highest BCUT2D eigenvalue weighted by molar-refractivity contribution is 7.00. The maximum Gasteiger partial charge on any atom is 0.342 e. The number of aliphatic hydroxyl groups is 1. The van der Waals surface area contributed by atoms with Crippen LogP contribution in [0.1, 0.15) is 22.3 Å². The van der Waals surface area contributed by atoms with Crippen molar-refractivity contribution in [2.45, 2.75) is 19.1 Å². The van der Waals surface area contributed by atoms with Gasteiger partial charge in [0.15, 0.2) is 0 Å². The molecular weight excluding hydrogens is 426 g/mol. The van der Waals surface area contributed by atoms with E-state index in [0.29, 0.717) is 33.7 Å². The molecule has 0 aliphatic carbocycles. The van der Waals surface area contributed by atoms with Gasteiger partial charge in [0.1, 0.15) is 11.0 Å². The van der Waals surface area contributed by atoms with Gasteiger partial charge in [-0.2, -0.15) is 8.75 Å². The fraction of sp³-hybridized carbons (Fsp3) is 0.167. The van der Waals surface area contributed by atoms with E-state index in [-0.39, 0.29) is 6.42 Å². The van der Waals surface area contributed by atoms with E-state index in [1.807, 2.05) is 31.2 Å². The number of aromatic nitrogens is 3. The van der Waals surface area contributed by atoms with Crippen LogP contribution in [0.5, 0.6) is 5.88 Å². The van der Waals surface area contributed by atoms with Gasteiger partial charge in [0.05, 0.1) is 24.4 Å². The number of methoxy groups -OCH3 is 1. The number of esters is 1. The zero-order valence-electron chi connectivity index (χ0n) is 17.4. The zero-order valence-corrected chi connectivity index (χ0v) is 18.2. The molecule has 1 aliphatic rings. The van der Waals surface area contributed by atoms with Crippen molar-refractivity contribution < 1.29 is 19.4 Å². The third kappa shape index (κ3) is 3.43. The van der Waals surface area contributed by atoms with E-state index in [0.717, 1.165) is 28.4 Å². The molecule has 5 rings (SSSR count). The van der Waals surface area contributed by atoms with Gasteiger partial charge in [0.25, 0.3) is 5.79 Å². The minimum Gasteiger partial charge on any atom is -0.481 e. The summed E-state index contributed by atoms with van der Waals surface area (Å²) in [7, 11) is 1.55. The van der Waals surface area contributed by atoms with Crippen LogP contribution in [-0.2, 0) is 21.7 Å². The lowest BCUT2D eigenvalue weighted by Crippen LogP contribution is -2.29. The number of carbonyl (C=O) groups is 1. The Morgan fingerprint density at radius 1 is 1.06 bits per heavy atom. The van der Waals surface area contributed by atoms with E-state index in [1.165, 1.54) is 0 Å². The largest absolute Gasteiger partial charge is 0.481 e. The lowest BCUT2D eigenvalue weighted by Gasteiger charge is -2.25. The van der Waals surface area contributed by atoms with E-state index in [4.69, 9.17) is 9.47 Å². The van der Waals surface area contributed by atoms with Crippen LogP contribution < -0.4 is 4.74 Å². The summed E-state index contributed by atoms with van der Waals surface area (Å²) in [5.74, 6) is -2.00. The highest BCUT2D eigenvalue weighted by Gasteiger charge is 2.48. The van der Waals surface area contributed by atoms with Crippen LogP contribution in [0, 0.1) is 6.92 Å². The Labute approximate surface area is 188 Å². The van der Waals surface area contributed by atoms with Gasteiger partial charge in [-0.15, -0.1) is 0 Å². The van der Waals surface area contributed by atoms with Crippen molar-refractivity contribution in [3.05, 3.63) is 88.6 Å². The summed E-state index contributed by atoms with van der Waals surface area (Å²) >= 11 is 1.11. The smallest absolute Gasteiger partial charge is 0.342 e. The number of aryl methyl sites for hydroxylation is 1. The van der Waals surface area contributed by atoms with E-state index >= 15 is 0 Å². The molecule has 32 heavy (non-hydrogen) atoms. The Kier molecular flexibility index (Phi) is 4.96.